The summed E-state index contributed by atoms with van der Waals surface area (Å²) in [5.41, 5.74) is 4.50. The molecule has 2 aromatic rings. The predicted octanol–water partition coefficient (Wildman–Crippen LogP) is 3.23. The summed E-state index contributed by atoms with van der Waals surface area (Å²) >= 11 is 0. The molecular weight excluding hydrogens is 272 g/mol. The average molecular weight is 296 g/mol. The van der Waals surface area contributed by atoms with Gasteiger partial charge >= 0.3 is 0 Å². The van der Waals surface area contributed by atoms with Crippen LogP contribution in [0, 0.1) is 20.8 Å². The quantitative estimate of drug-likeness (QED) is 0.913. The Kier molecular flexibility index (Phi) is 4.39. The lowest BCUT2D eigenvalue weighted by atomic mass is 10.1. The summed E-state index contributed by atoms with van der Waals surface area (Å²) < 4.78 is 0. The van der Waals surface area contributed by atoms with Crippen molar-refractivity contribution in [2.75, 3.05) is 18.4 Å². The second kappa shape index (κ2) is 6.44. The molecule has 2 heterocycles. The number of aryl methyl sites for hydroxylation is 2. The van der Waals surface area contributed by atoms with Crippen LogP contribution in [0.2, 0.25) is 0 Å². The fourth-order valence-corrected chi connectivity index (χ4v) is 2.77. The lowest BCUT2D eigenvalue weighted by molar-refractivity contribution is 0.478. The largest absolute Gasteiger partial charge is 0.366 e. The van der Waals surface area contributed by atoms with Crippen molar-refractivity contribution in [1.82, 2.24) is 15.3 Å². The van der Waals surface area contributed by atoms with Crippen molar-refractivity contribution in [3.63, 3.8) is 0 Å². The van der Waals surface area contributed by atoms with Crippen LogP contribution in [0.1, 0.15) is 29.7 Å². The zero-order valence-corrected chi connectivity index (χ0v) is 13.6. The smallest absolute Gasteiger partial charge is 0.161 e. The normalized spacial score (nSPS) is 18.2. The van der Waals surface area contributed by atoms with Crippen molar-refractivity contribution in [2.45, 2.75) is 39.7 Å². The molecule has 116 valence electrons. The molecule has 0 saturated carbocycles. The molecule has 1 unspecified atom stereocenters. The SMILES string of the molecule is Cc1ccc(-c2nc(C)c(C)c(NC3CCCNC3)n2)cc1. The molecule has 1 aliphatic heterocycles. The maximum Gasteiger partial charge on any atom is 0.161 e. The number of anilines is 1. The molecule has 2 N–H and O–H groups in total. The van der Waals surface area contributed by atoms with Gasteiger partial charge in [0.05, 0.1) is 0 Å². The molecule has 3 rings (SSSR count). The van der Waals surface area contributed by atoms with Crippen LogP contribution in [-0.2, 0) is 0 Å². The maximum atomic E-state index is 4.78. The zero-order chi connectivity index (χ0) is 15.5. The molecule has 22 heavy (non-hydrogen) atoms. The van der Waals surface area contributed by atoms with E-state index in [1.54, 1.807) is 0 Å². The molecule has 0 radical (unpaired) electrons. The van der Waals surface area contributed by atoms with Crippen LogP contribution in [0.5, 0.6) is 0 Å². The summed E-state index contributed by atoms with van der Waals surface area (Å²) in [4.78, 5) is 9.44. The van der Waals surface area contributed by atoms with Crippen molar-refractivity contribution in [1.29, 1.82) is 0 Å². The molecule has 1 aromatic heterocycles. The van der Waals surface area contributed by atoms with Gasteiger partial charge in [-0.1, -0.05) is 29.8 Å². The minimum absolute atomic E-state index is 0.451. The molecule has 1 atom stereocenters. The summed E-state index contributed by atoms with van der Waals surface area (Å²) in [5, 5.41) is 7.03. The van der Waals surface area contributed by atoms with Crippen LogP contribution in [0.3, 0.4) is 0 Å². The predicted molar refractivity (Wildman–Crippen MR) is 91.2 cm³/mol. The van der Waals surface area contributed by atoms with Gasteiger partial charge < -0.3 is 10.6 Å². The summed E-state index contributed by atoms with van der Waals surface area (Å²) in [6.45, 7) is 8.36. The first-order valence-corrected chi connectivity index (χ1v) is 8.03. The third-order valence-electron chi connectivity index (χ3n) is 4.34. The van der Waals surface area contributed by atoms with Gasteiger partial charge in [-0.3, -0.25) is 0 Å². The third-order valence-corrected chi connectivity index (χ3v) is 4.34. The van der Waals surface area contributed by atoms with E-state index in [1.165, 1.54) is 18.4 Å². The molecule has 0 aliphatic carbocycles. The first-order valence-electron chi connectivity index (χ1n) is 8.03. The lowest BCUT2D eigenvalue weighted by Crippen LogP contribution is -2.38. The number of hydrogen-bond acceptors (Lipinski definition) is 4. The Bertz CT molecular complexity index is 643. The fraction of sp³-hybridized carbons (Fsp3) is 0.444. The maximum absolute atomic E-state index is 4.78. The monoisotopic (exact) mass is 296 g/mol. The lowest BCUT2D eigenvalue weighted by Gasteiger charge is -2.25. The van der Waals surface area contributed by atoms with E-state index in [0.717, 1.165) is 41.6 Å². The number of piperidine rings is 1. The van der Waals surface area contributed by atoms with E-state index in [-0.39, 0.29) is 0 Å². The molecule has 1 aromatic carbocycles. The molecule has 0 bridgehead atoms. The van der Waals surface area contributed by atoms with Gasteiger partial charge in [-0.05, 0) is 40.2 Å². The van der Waals surface area contributed by atoms with Gasteiger partial charge in [-0.15, -0.1) is 0 Å². The minimum Gasteiger partial charge on any atom is -0.366 e. The van der Waals surface area contributed by atoms with Crippen molar-refractivity contribution in [3.05, 3.63) is 41.1 Å². The molecular formula is C18H24N4. The topological polar surface area (TPSA) is 49.8 Å². The standard InChI is InChI=1S/C18H24N4/c1-12-6-8-15(9-7-12)18-20-14(3)13(2)17(22-18)21-16-5-4-10-19-11-16/h6-9,16,19H,4-5,10-11H2,1-3H3,(H,20,21,22). The van der Waals surface area contributed by atoms with Gasteiger partial charge in [0.2, 0.25) is 0 Å². The Morgan fingerprint density at radius 1 is 1.09 bits per heavy atom. The number of aromatic nitrogens is 2. The number of nitrogens with zero attached hydrogens (tertiary/aromatic N) is 2. The number of nitrogens with one attached hydrogen (secondary N) is 2. The molecule has 0 amide bonds. The zero-order valence-electron chi connectivity index (χ0n) is 13.6. The Hall–Kier alpha value is -1.94. The highest BCUT2D eigenvalue weighted by atomic mass is 15.1. The highest BCUT2D eigenvalue weighted by Gasteiger charge is 2.16. The second-order valence-corrected chi connectivity index (χ2v) is 6.16. The van der Waals surface area contributed by atoms with E-state index in [4.69, 9.17) is 4.98 Å². The summed E-state index contributed by atoms with van der Waals surface area (Å²) in [5.74, 6) is 1.77. The van der Waals surface area contributed by atoms with Crippen molar-refractivity contribution >= 4 is 5.82 Å². The van der Waals surface area contributed by atoms with Gasteiger partial charge in [0.25, 0.3) is 0 Å². The van der Waals surface area contributed by atoms with E-state index in [0.29, 0.717) is 6.04 Å². The Morgan fingerprint density at radius 3 is 2.55 bits per heavy atom. The van der Waals surface area contributed by atoms with Gasteiger partial charge in [0.15, 0.2) is 5.82 Å². The highest BCUT2D eigenvalue weighted by molar-refractivity contribution is 5.60. The van der Waals surface area contributed by atoms with Gasteiger partial charge in [0, 0.05) is 29.4 Å². The van der Waals surface area contributed by atoms with Crippen LogP contribution in [0.4, 0.5) is 5.82 Å². The number of benzene rings is 1. The van der Waals surface area contributed by atoms with Crippen molar-refractivity contribution in [2.24, 2.45) is 0 Å². The van der Waals surface area contributed by atoms with E-state index in [9.17, 15) is 0 Å². The molecule has 1 aliphatic rings. The molecule has 0 spiro atoms. The number of hydrogen-bond donors (Lipinski definition) is 2. The third kappa shape index (κ3) is 3.28. The van der Waals surface area contributed by atoms with Crippen LogP contribution in [0.25, 0.3) is 11.4 Å². The van der Waals surface area contributed by atoms with Crippen LogP contribution < -0.4 is 10.6 Å². The fourth-order valence-electron chi connectivity index (χ4n) is 2.77. The van der Waals surface area contributed by atoms with Gasteiger partial charge in [-0.25, -0.2) is 9.97 Å². The Morgan fingerprint density at radius 2 is 1.86 bits per heavy atom. The van der Waals surface area contributed by atoms with Crippen molar-refractivity contribution < 1.29 is 0 Å². The Labute approximate surface area is 132 Å². The van der Waals surface area contributed by atoms with E-state index in [2.05, 4.69) is 60.7 Å². The summed E-state index contributed by atoms with van der Waals surface area (Å²) in [6, 6.07) is 8.84. The van der Waals surface area contributed by atoms with Crippen LogP contribution in [0.15, 0.2) is 24.3 Å². The molecule has 1 saturated heterocycles. The number of rotatable bonds is 3. The summed E-state index contributed by atoms with van der Waals surface area (Å²) in [7, 11) is 0. The van der Waals surface area contributed by atoms with Crippen LogP contribution >= 0.6 is 0 Å². The second-order valence-electron chi connectivity index (χ2n) is 6.16. The minimum atomic E-state index is 0.451. The van der Waals surface area contributed by atoms with Gasteiger partial charge in [-0.2, -0.15) is 0 Å². The van der Waals surface area contributed by atoms with Crippen molar-refractivity contribution in [3.8, 4) is 11.4 Å². The molecule has 1 fully saturated rings. The first-order chi connectivity index (χ1) is 10.6. The molecule has 4 nitrogen and oxygen atoms in total. The van der Waals surface area contributed by atoms with Crippen LogP contribution in [-0.4, -0.2) is 29.1 Å². The van der Waals surface area contributed by atoms with E-state index < -0.39 is 0 Å². The summed E-state index contributed by atoms with van der Waals surface area (Å²) in [6.07, 6.45) is 2.40. The average Bonchev–Trinajstić information content (AvgIpc) is 2.53. The van der Waals surface area contributed by atoms with E-state index >= 15 is 0 Å². The Balaban J connectivity index is 1.90. The van der Waals surface area contributed by atoms with Gasteiger partial charge in [0.1, 0.15) is 5.82 Å². The first kappa shape index (κ1) is 15.0. The molecule has 4 heteroatoms. The highest BCUT2D eigenvalue weighted by Crippen LogP contribution is 2.23. The van der Waals surface area contributed by atoms with E-state index in [1.807, 2.05) is 0 Å².